The first-order valence-corrected chi connectivity index (χ1v) is 8.11. The second kappa shape index (κ2) is 5.56. The third-order valence-corrected chi connectivity index (χ3v) is 3.26. The van der Waals surface area contributed by atoms with Gasteiger partial charge in [0.1, 0.15) is 0 Å². The van der Waals surface area contributed by atoms with E-state index in [4.69, 9.17) is 8.85 Å². The molecule has 0 unspecified atom stereocenters. The number of unbranched alkanes of at least 4 members (excludes halogenated alkanes) is 1. The Hall–Kier alpha value is -0.283. The molecule has 14 heavy (non-hydrogen) atoms. The summed E-state index contributed by atoms with van der Waals surface area (Å²) in [6, 6.07) is 0. The van der Waals surface area contributed by atoms with Gasteiger partial charge < -0.3 is 8.85 Å². The fraction of sp³-hybridized carbons (Fsp3) is 0.818. The van der Waals surface area contributed by atoms with E-state index in [-0.39, 0.29) is 5.60 Å². The average Bonchev–Trinajstić information content (AvgIpc) is 1.93. The second-order valence-corrected chi connectivity index (χ2v) is 8.13. The maximum absolute atomic E-state index is 5.87. The fourth-order valence-corrected chi connectivity index (χ4v) is 3.15. The zero-order chi connectivity index (χ0) is 11.2. The molecule has 0 rings (SSSR count). The minimum Gasteiger partial charge on any atom is -0.527 e. The molecule has 0 aromatic heterocycles. The third-order valence-electron chi connectivity index (χ3n) is 1.46. The van der Waals surface area contributed by atoms with E-state index in [0.29, 0.717) is 0 Å². The lowest BCUT2D eigenvalue weighted by atomic mass is 10.2. The van der Waals surface area contributed by atoms with E-state index in [1.54, 1.807) is 6.26 Å². The molecule has 0 radical (unpaired) electrons. The Morgan fingerprint density at radius 1 is 1.21 bits per heavy atom. The van der Waals surface area contributed by atoms with Crippen molar-refractivity contribution in [1.29, 1.82) is 0 Å². The molecule has 2 nitrogen and oxygen atoms in total. The largest absolute Gasteiger partial charge is 0.527 e. The van der Waals surface area contributed by atoms with Crippen molar-refractivity contribution in [3.05, 3.63) is 12.3 Å². The van der Waals surface area contributed by atoms with Gasteiger partial charge in [-0.05, 0) is 40.3 Å². The van der Waals surface area contributed by atoms with Gasteiger partial charge in [0, 0.05) is 0 Å². The summed E-state index contributed by atoms with van der Waals surface area (Å²) in [6.07, 6.45) is 6.07. The molecule has 0 heterocycles. The fourth-order valence-electron chi connectivity index (χ4n) is 1.21. The van der Waals surface area contributed by atoms with Crippen LogP contribution >= 0.6 is 0 Å². The molecule has 0 aromatic carbocycles. The molecule has 0 amide bonds. The molecule has 0 aliphatic carbocycles. The highest BCUT2D eigenvalue weighted by Crippen LogP contribution is 2.17. The predicted molar refractivity (Wildman–Crippen MR) is 63.5 cm³/mol. The van der Waals surface area contributed by atoms with E-state index in [1.807, 2.05) is 0 Å². The van der Waals surface area contributed by atoms with Crippen molar-refractivity contribution in [2.45, 2.75) is 59.2 Å². The minimum absolute atomic E-state index is 0.117. The van der Waals surface area contributed by atoms with E-state index >= 15 is 0 Å². The summed E-state index contributed by atoms with van der Waals surface area (Å²) in [5.74, 6) is 0. The number of allylic oxidation sites excluding steroid dienone is 1. The maximum Gasteiger partial charge on any atom is 0.392 e. The number of hydrogen-bond donors (Lipinski definition) is 0. The van der Waals surface area contributed by atoms with Crippen LogP contribution in [-0.2, 0) is 8.85 Å². The molecule has 0 bridgehead atoms. The van der Waals surface area contributed by atoms with Gasteiger partial charge in [0.05, 0.1) is 11.9 Å². The number of hydrogen-bond acceptors (Lipinski definition) is 2. The first kappa shape index (κ1) is 13.7. The van der Waals surface area contributed by atoms with Crippen molar-refractivity contribution in [2.24, 2.45) is 0 Å². The van der Waals surface area contributed by atoms with E-state index in [9.17, 15) is 0 Å². The highest BCUT2D eigenvalue weighted by molar-refractivity contribution is 6.64. The highest BCUT2D eigenvalue weighted by atomic mass is 28.4. The summed E-state index contributed by atoms with van der Waals surface area (Å²) < 4.78 is 11.5. The van der Waals surface area contributed by atoms with E-state index in [2.05, 4.69) is 46.9 Å². The zero-order valence-electron chi connectivity index (χ0n) is 10.4. The summed E-state index contributed by atoms with van der Waals surface area (Å²) in [5.41, 5.74) is -0.117. The van der Waals surface area contributed by atoms with Crippen LogP contribution in [-0.4, -0.2) is 14.2 Å². The Balaban J connectivity index is 3.95. The Kier molecular flexibility index (Phi) is 5.45. The van der Waals surface area contributed by atoms with Crippen molar-refractivity contribution < 1.29 is 8.85 Å². The van der Waals surface area contributed by atoms with E-state index in [1.165, 1.54) is 0 Å². The Bertz CT molecular complexity index is 180. The van der Waals surface area contributed by atoms with Crippen LogP contribution in [0.4, 0.5) is 0 Å². The summed E-state index contributed by atoms with van der Waals surface area (Å²) >= 11 is 0. The van der Waals surface area contributed by atoms with Crippen molar-refractivity contribution in [2.75, 3.05) is 0 Å². The quantitative estimate of drug-likeness (QED) is 0.513. The van der Waals surface area contributed by atoms with Crippen LogP contribution in [0.5, 0.6) is 0 Å². The van der Waals surface area contributed by atoms with Gasteiger partial charge in [-0.1, -0.05) is 19.4 Å². The summed E-state index contributed by atoms with van der Waals surface area (Å²) in [5, 5.41) is 0. The van der Waals surface area contributed by atoms with Crippen LogP contribution < -0.4 is 0 Å². The summed E-state index contributed by atoms with van der Waals surface area (Å²) in [7, 11) is -1.98. The molecule has 0 aliphatic heterocycles. The van der Waals surface area contributed by atoms with Crippen LogP contribution in [0.2, 0.25) is 13.1 Å². The molecule has 0 fully saturated rings. The van der Waals surface area contributed by atoms with Crippen molar-refractivity contribution in [3.63, 3.8) is 0 Å². The Morgan fingerprint density at radius 3 is 2.21 bits per heavy atom. The summed E-state index contributed by atoms with van der Waals surface area (Å²) in [6.45, 7) is 12.4. The van der Waals surface area contributed by atoms with Crippen molar-refractivity contribution >= 4 is 8.56 Å². The summed E-state index contributed by atoms with van der Waals surface area (Å²) in [4.78, 5) is 0. The Morgan fingerprint density at radius 2 is 1.79 bits per heavy atom. The number of rotatable bonds is 5. The van der Waals surface area contributed by atoms with Gasteiger partial charge in [0.15, 0.2) is 0 Å². The molecule has 0 N–H and O–H groups in total. The maximum atomic E-state index is 5.87. The van der Waals surface area contributed by atoms with Gasteiger partial charge in [-0.3, -0.25) is 0 Å². The first-order valence-electron chi connectivity index (χ1n) is 5.30. The van der Waals surface area contributed by atoms with Crippen LogP contribution in [0.1, 0.15) is 40.5 Å². The van der Waals surface area contributed by atoms with Gasteiger partial charge >= 0.3 is 8.56 Å². The predicted octanol–water partition coefficient (Wildman–Crippen LogP) is 3.83. The molecular weight excluding hydrogens is 192 g/mol. The molecule has 0 atom stereocenters. The van der Waals surface area contributed by atoms with Crippen LogP contribution in [0.3, 0.4) is 0 Å². The molecular formula is C11H24O2Si. The smallest absolute Gasteiger partial charge is 0.392 e. The lowest BCUT2D eigenvalue weighted by molar-refractivity contribution is 0.0864. The standard InChI is InChI=1S/C11H24O2Si/c1-7-8-9-10-12-14(5,6)13-11(2,3)4/h9-10H,7-8H2,1-6H3/b10-9+. The molecule has 0 aliphatic rings. The SMILES string of the molecule is CCC/C=C/O[Si](C)(C)OC(C)(C)C. The van der Waals surface area contributed by atoms with E-state index in [0.717, 1.165) is 12.8 Å². The molecule has 0 spiro atoms. The minimum atomic E-state index is -1.98. The van der Waals surface area contributed by atoms with Gasteiger partial charge in [-0.2, -0.15) is 0 Å². The first-order chi connectivity index (χ1) is 6.27. The van der Waals surface area contributed by atoms with Crippen molar-refractivity contribution in [1.82, 2.24) is 0 Å². The van der Waals surface area contributed by atoms with Crippen molar-refractivity contribution in [3.8, 4) is 0 Å². The lowest BCUT2D eigenvalue weighted by Crippen LogP contribution is -2.40. The van der Waals surface area contributed by atoms with Crippen LogP contribution in [0, 0.1) is 0 Å². The van der Waals surface area contributed by atoms with Gasteiger partial charge in [0.2, 0.25) is 0 Å². The monoisotopic (exact) mass is 216 g/mol. The third kappa shape index (κ3) is 8.32. The van der Waals surface area contributed by atoms with Gasteiger partial charge in [-0.25, -0.2) is 0 Å². The molecule has 0 saturated carbocycles. The normalized spacial score (nSPS) is 13.6. The lowest BCUT2D eigenvalue weighted by Gasteiger charge is -2.30. The van der Waals surface area contributed by atoms with E-state index < -0.39 is 8.56 Å². The molecule has 0 aromatic rings. The molecule has 84 valence electrons. The molecule has 3 heteroatoms. The zero-order valence-corrected chi connectivity index (χ0v) is 11.4. The Labute approximate surface area is 89.6 Å². The van der Waals surface area contributed by atoms with Crippen LogP contribution in [0.25, 0.3) is 0 Å². The average molecular weight is 216 g/mol. The topological polar surface area (TPSA) is 18.5 Å². The second-order valence-electron chi connectivity index (χ2n) is 4.89. The van der Waals surface area contributed by atoms with Gasteiger partial charge in [0.25, 0.3) is 0 Å². The molecule has 0 saturated heterocycles. The highest BCUT2D eigenvalue weighted by Gasteiger charge is 2.30. The van der Waals surface area contributed by atoms with Gasteiger partial charge in [-0.15, -0.1) is 0 Å². The van der Waals surface area contributed by atoms with Crippen LogP contribution in [0.15, 0.2) is 12.3 Å².